The van der Waals surface area contributed by atoms with E-state index in [-0.39, 0.29) is 17.0 Å². The second-order valence-corrected chi connectivity index (χ2v) is 8.37. The molecule has 1 aromatic carbocycles. The highest BCUT2D eigenvalue weighted by Gasteiger charge is 2.21. The maximum absolute atomic E-state index is 2.41. The van der Waals surface area contributed by atoms with Crippen molar-refractivity contribution in [3.63, 3.8) is 0 Å². The number of para-hydroxylation sites is 1. The lowest BCUT2D eigenvalue weighted by Gasteiger charge is -2.12. The van der Waals surface area contributed by atoms with Crippen LogP contribution in [0.15, 0.2) is 60.8 Å². The highest BCUT2D eigenvalue weighted by Crippen LogP contribution is 2.33. The summed E-state index contributed by atoms with van der Waals surface area (Å²) in [6.45, 7) is 7.66. The average molecular weight is 461 g/mol. The molecule has 0 bridgehead atoms. The molecule has 142 valence electrons. The fourth-order valence-corrected chi connectivity index (χ4v) is 5.45. The maximum Gasteiger partial charge on any atom is 0.280 e. The molecule has 0 aliphatic carbocycles. The van der Waals surface area contributed by atoms with Crippen LogP contribution in [-0.4, -0.2) is 7.05 Å². The van der Waals surface area contributed by atoms with Crippen LogP contribution in [0.4, 0.5) is 5.69 Å². The zero-order valence-electron chi connectivity index (χ0n) is 16.1. The van der Waals surface area contributed by atoms with Gasteiger partial charge in [0, 0.05) is 29.9 Å². The SMILES string of the molecule is CC[n+]1c(/C=C/C=C/C=C/N(C)c2ccccc2)sc2c(C)c(C)sc21.[Br-]. The molecule has 0 radical (unpaired) electrons. The third kappa shape index (κ3) is 4.98. The van der Waals surface area contributed by atoms with Gasteiger partial charge in [0.2, 0.25) is 0 Å². The Morgan fingerprint density at radius 2 is 1.70 bits per heavy atom. The Hall–Kier alpha value is -1.69. The number of halogens is 1. The summed E-state index contributed by atoms with van der Waals surface area (Å²) in [4.78, 5) is 4.94. The molecule has 0 amide bonds. The summed E-state index contributed by atoms with van der Waals surface area (Å²) >= 11 is 3.79. The van der Waals surface area contributed by atoms with Crippen molar-refractivity contribution in [3.05, 3.63) is 76.3 Å². The first-order chi connectivity index (χ1) is 12.6. The molecule has 0 N–H and O–H groups in total. The van der Waals surface area contributed by atoms with Gasteiger partial charge in [0.05, 0.1) is 0 Å². The van der Waals surface area contributed by atoms with E-state index < -0.39 is 0 Å². The molecule has 0 spiro atoms. The Bertz CT molecular complexity index is 965. The molecule has 0 unspecified atom stereocenters. The van der Waals surface area contributed by atoms with Crippen LogP contribution in [0.3, 0.4) is 0 Å². The maximum atomic E-state index is 2.41. The fraction of sp³-hybridized carbons (Fsp3) is 0.227. The van der Waals surface area contributed by atoms with E-state index in [9.17, 15) is 0 Å². The van der Waals surface area contributed by atoms with E-state index in [1.807, 2.05) is 28.7 Å². The van der Waals surface area contributed by atoms with Crippen molar-refractivity contribution in [2.24, 2.45) is 0 Å². The topological polar surface area (TPSA) is 7.12 Å². The Kier molecular flexibility index (Phi) is 8.02. The number of fused-ring (bicyclic) bond motifs is 1. The van der Waals surface area contributed by atoms with E-state index in [1.165, 1.54) is 30.7 Å². The normalized spacial score (nSPS) is 11.9. The number of hydrogen-bond acceptors (Lipinski definition) is 3. The monoisotopic (exact) mass is 460 g/mol. The Labute approximate surface area is 180 Å². The van der Waals surface area contributed by atoms with Crippen molar-refractivity contribution in [2.75, 3.05) is 11.9 Å². The number of benzene rings is 1. The van der Waals surface area contributed by atoms with Gasteiger partial charge in [-0.1, -0.05) is 59.1 Å². The number of aryl methyl sites for hydroxylation is 3. The number of nitrogens with zero attached hydrogens (tertiary/aromatic N) is 2. The predicted molar refractivity (Wildman–Crippen MR) is 117 cm³/mol. The quantitative estimate of drug-likeness (QED) is 0.404. The molecule has 0 aliphatic heterocycles. The van der Waals surface area contributed by atoms with Crippen molar-refractivity contribution in [1.29, 1.82) is 0 Å². The van der Waals surface area contributed by atoms with Crippen molar-refractivity contribution in [1.82, 2.24) is 0 Å². The summed E-state index contributed by atoms with van der Waals surface area (Å²) in [5.41, 5.74) is 2.61. The third-order valence-electron chi connectivity index (χ3n) is 4.39. The van der Waals surface area contributed by atoms with Gasteiger partial charge in [-0.05, 0) is 44.5 Å². The van der Waals surface area contributed by atoms with Crippen LogP contribution in [0.5, 0.6) is 0 Å². The third-order valence-corrected chi connectivity index (χ3v) is 7.02. The van der Waals surface area contributed by atoms with Gasteiger partial charge in [-0.15, -0.1) is 0 Å². The van der Waals surface area contributed by atoms with Gasteiger partial charge in [-0.25, -0.2) is 0 Å². The van der Waals surface area contributed by atoms with Gasteiger partial charge >= 0.3 is 0 Å². The number of rotatable bonds is 6. The van der Waals surface area contributed by atoms with E-state index in [2.05, 4.69) is 98.1 Å². The van der Waals surface area contributed by atoms with E-state index >= 15 is 0 Å². The molecule has 2 aromatic heterocycles. The second-order valence-electron chi connectivity index (χ2n) is 6.13. The minimum Gasteiger partial charge on any atom is -1.00 e. The lowest BCUT2D eigenvalue weighted by molar-refractivity contribution is -0.663. The van der Waals surface area contributed by atoms with E-state index in [0.29, 0.717) is 0 Å². The number of allylic oxidation sites excluding steroid dienone is 4. The van der Waals surface area contributed by atoms with Crippen molar-refractivity contribution in [2.45, 2.75) is 27.3 Å². The molecule has 3 rings (SSSR count). The lowest BCUT2D eigenvalue weighted by atomic mass is 10.3. The number of anilines is 1. The zero-order valence-corrected chi connectivity index (χ0v) is 19.4. The van der Waals surface area contributed by atoms with Crippen LogP contribution in [0, 0.1) is 13.8 Å². The smallest absolute Gasteiger partial charge is 0.280 e. The average Bonchev–Trinajstić information content (AvgIpc) is 3.14. The molecule has 0 fully saturated rings. The van der Waals surface area contributed by atoms with Crippen molar-refractivity contribution < 1.29 is 21.5 Å². The summed E-state index contributed by atoms with van der Waals surface area (Å²) in [6.07, 6.45) is 12.6. The molecule has 0 aliphatic rings. The van der Waals surface area contributed by atoms with E-state index in [0.717, 1.165) is 6.54 Å². The summed E-state index contributed by atoms with van der Waals surface area (Å²) in [6, 6.07) is 10.3. The first-order valence-electron chi connectivity index (χ1n) is 8.83. The molecule has 2 nitrogen and oxygen atoms in total. The van der Waals surface area contributed by atoms with Gasteiger partial charge in [-0.2, -0.15) is 4.57 Å². The summed E-state index contributed by atoms with van der Waals surface area (Å²) in [7, 11) is 2.06. The number of hydrogen-bond donors (Lipinski definition) is 0. The van der Waals surface area contributed by atoms with E-state index in [4.69, 9.17) is 0 Å². The van der Waals surface area contributed by atoms with Crippen LogP contribution in [-0.2, 0) is 6.54 Å². The van der Waals surface area contributed by atoms with Gasteiger partial charge in [0.15, 0.2) is 0 Å². The van der Waals surface area contributed by atoms with Gasteiger partial charge in [0.1, 0.15) is 11.2 Å². The fourth-order valence-electron chi connectivity index (χ4n) is 2.76. The zero-order chi connectivity index (χ0) is 18.5. The van der Waals surface area contributed by atoms with Crippen LogP contribution in [0.25, 0.3) is 15.6 Å². The number of aromatic nitrogens is 1. The Morgan fingerprint density at radius 3 is 2.41 bits per heavy atom. The highest BCUT2D eigenvalue weighted by atomic mass is 79.9. The van der Waals surface area contributed by atoms with Crippen molar-refractivity contribution >= 4 is 44.0 Å². The lowest BCUT2D eigenvalue weighted by Crippen LogP contribution is -3.00. The molecule has 5 heteroatoms. The Balaban J connectivity index is 0.00000261. The molecule has 0 saturated carbocycles. The van der Waals surface area contributed by atoms with Gasteiger partial charge < -0.3 is 21.9 Å². The van der Waals surface area contributed by atoms with Crippen LogP contribution < -0.4 is 26.4 Å². The largest absolute Gasteiger partial charge is 1.00 e. The second kappa shape index (κ2) is 10.0. The molecule has 3 aromatic rings. The molecule has 0 atom stereocenters. The Morgan fingerprint density at radius 1 is 1.00 bits per heavy atom. The van der Waals surface area contributed by atoms with Gasteiger partial charge in [0.25, 0.3) is 9.84 Å². The van der Waals surface area contributed by atoms with E-state index in [1.54, 1.807) is 0 Å². The van der Waals surface area contributed by atoms with Crippen LogP contribution >= 0.6 is 22.7 Å². The summed E-state index contributed by atoms with van der Waals surface area (Å²) in [5.74, 6) is 0. The first kappa shape index (κ1) is 21.6. The highest BCUT2D eigenvalue weighted by molar-refractivity contribution is 7.27. The standard InChI is InChI=1S/C22H25N2S2.BrH/c1-5-24-20(26-21-17(2)18(3)25-22(21)24)15-11-6-7-12-16-23(4)19-13-9-8-10-14-19;/h6-16H,5H2,1-4H3;1H/q+1;/p-1. The minimum absolute atomic E-state index is 0. The molecule has 27 heavy (non-hydrogen) atoms. The van der Waals surface area contributed by atoms with Crippen LogP contribution in [0.1, 0.15) is 22.4 Å². The molecule has 2 heterocycles. The van der Waals surface area contributed by atoms with Gasteiger partial charge in [-0.3, -0.25) is 0 Å². The van der Waals surface area contributed by atoms with Crippen molar-refractivity contribution in [3.8, 4) is 0 Å². The summed E-state index contributed by atoms with van der Waals surface area (Å²) in [5, 5.41) is 1.31. The predicted octanol–water partition coefficient (Wildman–Crippen LogP) is 3.11. The summed E-state index contributed by atoms with van der Waals surface area (Å²) < 4.78 is 3.84. The molecule has 0 saturated heterocycles. The first-order valence-corrected chi connectivity index (χ1v) is 10.5. The number of thiazole rings is 1. The molecular weight excluding hydrogens is 436 g/mol. The number of thiophene rings is 1. The van der Waals surface area contributed by atoms with Crippen LogP contribution in [0.2, 0.25) is 0 Å². The minimum atomic E-state index is 0. The molecular formula is C22H25BrN2S2.